The minimum Gasteiger partial charge on any atom is -0.497 e. The van der Waals surface area contributed by atoms with Crippen LogP contribution in [-0.2, 0) is 14.6 Å². The Balaban J connectivity index is 2.08. The molecule has 106 valence electrons. The van der Waals surface area contributed by atoms with Crippen LogP contribution in [0.2, 0.25) is 0 Å². The molecule has 0 aliphatic rings. The van der Waals surface area contributed by atoms with Crippen molar-refractivity contribution in [3.8, 4) is 5.75 Å². The second-order valence-corrected chi connectivity index (χ2v) is 6.70. The molecule has 1 N–H and O–H groups in total. The van der Waals surface area contributed by atoms with Crippen LogP contribution in [0.3, 0.4) is 0 Å². The predicted octanol–water partition coefficient (Wildman–Crippen LogP) is 1.56. The standard InChI is InChI=1S/C12H12N2O4S2/c1-18-9-2-4-10(5-3-9)20(16,17)8-11(15)14-12-13-6-7-19-12/h2-7H,8H2,1H3,(H,13,14,15). The number of thiazole rings is 1. The number of nitrogens with zero attached hydrogens (tertiary/aromatic N) is 1. The number of sulfone groups is 1. The third-order valence-electron chi connectivity index (χ3n) is 2.42. The maximum Gasteiger partial charge on any atom is 0.241 e. The molecular weight excluding hydrogens is 300 g/mol. The fourth-order valence-corrected chi connectivity index (χ4v) is 3.16. The van der Waals surface area contributed by atoms with E-state index in [-0.39, 0.29) is 4.90 Å². The molecule has 0 atom stereocenters. The molecule has 2 rings (SSSR count). The van der Waals surface area contributed by atoms with E-state index in [0.29, 0.717) is 10.9 Å². The Kier molecular flexibility index (Phi) is 4.35. The number of ether oxygens (including phenoxy) is 1. The van der Waals surface area contributed by atoms with Gasteiger partial charge >= 0.3 is 0 Å². The normalized spacial score (nSPS) is 11.1. The van der Waals surface area contributed by atoms with Crippen molar-refractivity contribution in [1.29, 1.82) is 0 Å². The van der Waals surface area contributed by atoms with E-state index in [1.807, 2.05) is 0 Å². The molecule has 1 aromatic carbocycles. The lowest BCUT2D eigenvalue weighted by atomic mass is 10.3. The van der Waals surface area contributed by atoms with Gasteiger partial charge in [0.1, 0.15) is 11.5 Å². The van der Waals surface area contributed by atoms with Crippen molar-refractivity contribution >= 4 is 32.2 Å². The largest absolute Gasteiger partial charge is 0.497 e. The molecule has 1 amide bonds. The maximum atomic E-state index is 12.1. The summed E-state index contributed by atoms with van der Waals surface area (Å²) in [6.07, 6.45) is 1.53. The van der Waals surface area contributed by atoms with Crippen molar-refractivity contribution in [2.24, 2.45) is 0 Å². The van der Waals surface area contributed by atoms with Crippen molar-refractivity contribution in [2.45, 2.75) is 4.90 Å². The molecule has 0 radical (unpaired) electrons. The Labute approximate surface area is 120 Å². The molecule has 0 unspecified atom stereocenters. The van der Waals surface area contributed by atoms with Crippen LogP contribution in [0.1, 0.15) is 0 Å². The van der Waals surface area contributed by atoms with Gasteiger partial charge in [0.05, 0.1) is 12.0 Å². The van der Waals surface area contributed by atoms with Gasteiger partial charge in [-0.3, -0.25) is 4.79 Å². The molecule has 0 bridgehead atoms. The second-order valence-electron chi connectivity index (χ2n) is 3.82. The van der Waals surface area contributed by atoms with Crippen molar-refractivity contribution in [3.63, 3.8) is 0 Å². The van der Waals surface area contributed by atoms with Gasteiger partial charge in [-0.15, -0.1) is 11.3 Å². The summed E-state index contributed by atoms with van der Waals surface area (Å²) in [6, 6.07) is 5.88. The zero-order chi connectivity index (χ0) is 14.6. The van der Waals surface area contributed by atoms with Gasteiger partial charge in [-0.25, -0.2) is 13.4 Å². The van der Waals surface area contributed by atoms with Crippen LogP contribution in [-0.4, -0.2) is 32.2 Å². The quantitative estimate of drug-likeness (QED) is 0.905. The monoisotopic (exact) mass is 312 g/mol. The van der Waals surface area contributed by atoms with Crippen LogP contribution < -0.4 is 10.1 Å². The SMILES string of the molecule is COc1ccc(S(=O)(=O)CC(=O)Nc2nccs2)cc1. The summed E-state index contributed by atoms with van der Waals surface area (Å²) >= 11 is 1.22. The summed E-state index contributed by atoms with van der Waals surface area (Å²) in [5, 5.41) is 4.50. The highest BCUT2D eigenvalue weighted by molar-refractivity contribution is 7.92. The fourth-order valence-electron chi connectivity index (χ4n) is 1.48. The van der Waals surface area contributed by atoms with E-state index in [2.05, 4.69) is 10.3 Å². The van der Waals surface area contributed by atoms with Gasteiger partial charge in [-0.05, 0) is 24.3 Å². The molecule has 20 heavy (non-hydrogen) atoms. The Morgan fingerprint density at radius 3 is 2.60 bits per heavy atom. The first-order valence-corrected chi connectivity index (χ1v) is 8.10. The van der Waals surface area contributed by atoms with Gasteiger partial charge in [-0.2, -0.15) is 0 Å². The lowest BCUT2D eigenvalue weighted by Gasteiger charge is -2.05. The van der Waals surface area contributed by atoms with E-state index >= 15 is 0 Å². The fraction of sp³-hybridized carbons (Fsp3) is 0.167. The molecule has 1 aromatic heterocycles. The lowest BCUT2D eigenvalue weighted by Crippen LogP contribution is -2.22. The average molecular weight is 312 g/mol. The summed E-state index contributed by atoms with van der Waals surface area (Å²) < 4.78 is 29.1. The van der Waals surface area contributed by atoms with E-state index in [9.17, 15) is 13.2 Å². The number of carbonyl (C=O) groups is 1. The molecule has 6 nitrogen and oxygen atoms in total. The van der Waals surface area contributed by atoms with Gasteiger partial charge in [0.25, 0.3) is 0 Å². The molecule has 2 aromatic rings. The molecule has 1 heterocycles. The molecule has 0 aliphatic heterocycles. The molecule has 0 saturated heterocycles. The molecule has 0 fully saturated rings. The zero-order valence-electron chi connectivity index (χ0n) is 10.6. The topological polar surface area (TPSA) is 85.4 Å². The Morgan fingerprint density at radius 1 is 1.35 bits per heavy atom. The second kappa shape index (κ2) is 6.02. The van der Waals surface area contributed by atoms with Gasteiger partial charge in [-0.1, -0.05) is 0 Å². The van der Waals surface area contributed by atoms with E-state index in [4.69, 9.17) is 4.74 Å². The molecular formula is C12H12N2O4S2. The lowest BCUT2D eigenvalue weighted by molar-refractivity contribution is -0.113. The first-order valence-electron chi connectivity index (χ1n) is 5.57. The highest BCUT2D eigenvalue weighted by atomic mass is 32.2. The molecule has 0 aliphatic carbocycles. The van der Waals surface area contributed by atoms with Gasteiger partial charge in [0.2, 0.25) is 5.91 Å². The third-order valence-corrected chi connectivity index (χ3v) is 4.74. The van der Waals surface area contributed by atoms with E-state index in [1.165, 1.54) is 48.9 Å². The third kappa shape index (κ3) is 3.55. The van der Waals surface area contributed by atoms with Crippen molar-refractivity contribution in [2.75, 3.05) is 18.2 Å². The van der Waals surface area contributed by atoms with Crippen LogP contribution in [0, 0.1) is 0 Å². The van der Waals surface area contributed by atoms with Gasteiger partial charge in [0, 0.05) is 11.6 Å². The number of carbonyl (C=O) groups excluding carboxylic acids is 1. The number of anilines is 1. The molecule has 8 heteroatoms. The zero-order valence-corrected chi connectivity index (χ0v) is 12.2. The molecule has 0 saturated carbocycles. The summed E-state index contributed by atoms with van der Waals surface area (Å²) in [7, 11) is -2.19. The number of nitrogens with one attached hydrogen (secondary N) is 1. The van der Waals surface area contributed by atoms with Crippen LogP contribution >= 0.6 is 11.3 Å². The smallest absolute Gasteiger partial charge is 0.241 e. The summed E-state index contributed by atoms with van der Waals surface area (Å²) in [5.41, 5.74) is 0. The summed E-state index contributed by atoms with van der Waals surface area (Å²) in [4.78, 5) is 15.6. The average Bonchev–Trinajstić information content (AvgIpc) is 2.91. The van der Waals surface area contributed by atoms with Gasteiger partial charge in [0.15, 0.2) is 15.0 Å². The van der Waals surface area contributed by atoms with Crippen molar-refractivity contribution in [1.82, 2.24) is 4.98 Å². The van der Waals surface area contributed by atoms with Crippen LogP contribution in [0.25, 0.3) is 0 Å². The molecule has 0 spiro atoms. The predicted molar refractivity (Wildman–Crippen MR) is 75.8 cm³/mol. The van der Waals surface area contributed by atoms with Crippen LogP contribution in [0.15, 0.2) is 40.7 Å². The van der Waals surface area contributed by atoms with Crippen molar-refractivity contribution < 1.29 is 17.9 Å². The number of methoxy groups -OCH3 is 1. The highest BCUT2D eigenvalue weighted by Crippen LogP contribution is 2.17. The number of aromatic nitrogens is 1. The first kappa shape index (κ1) is 14.5. The minimum atomic E-state index is -3.68. The Morgan fingerprint density at radius 2 is 2.05 bits per heavy atom. The van der Waals surface area contributed by atoms with E-state index in [1.54, 1.807) is 5.38 Å². The van der Waals surface area contributed by atoms with Crippen LogP contribution in [0.4, 0.5) is 5.13 Å². The van der Waals surface area contributed by atoms with E-state index in [0.717, 1.165) is 0 Å². The number of rotatable bonds is 5. The highest BCUT2D eigenvalue weighted by Gasteiger charge is 2.19. The Bertz CT molecular complexity index is 679. The van der Waals surface area contributed by atoms with E-state index < -0.39 is 21.5 Å². The Hall–Kier alpha value is -1.93. The van der Waals surface area contributed by atoms with Gasteiger partial charge < -0.3 is 10.1 Å². The maximum absolute atomic E-state index is 12.1. The first-order chi connectivity index (χ1) is 9.51. The summed E-state index contributed by atoms with van der Waals surface area (Å²) in [5.74, 6) is -0.689. The number of benzene rings is 1. The number of hydrogen-bond donors (Lipinski definition) is 1. The van der Waals surface area contributed by atoms with Crippen molar-refractivity contribution in [3.05, 3.63) is 35.8 Å². The number of amides is 1. The van der Waals surface area contributed by atoms with Crippen LogP contribution in [0.5, 0.6) is 5.75 Å². The minimum absolute atomic E-state index is 0.0765. The number of hydrogen-bond acceptors (Lipinski definition) is 6. The summed E-state index contributed by atoms with van der Waals surface area (Å²) in [6.45, 7) is 0.